The molecule has 0 saturated heterocycles. The minimum absolute atomic E-state index is 0.693. The van der Waals surface area contributed by atoms with Crippen molar-refractivity contribution >= 4 is 0 Å². The maximum atomic E-state index is 5.56. The topological polar surface area (TPSA) is 29.3 Å². The number of rotatable bonds is 6. The molecule has 0 aromatic heterocycles. The molecule has 0 aliphatic rings. The lowest BCUT2D eigenvalue weighted by molar-refractivity contribution is 0.383. The van der Waals surface area contributed by atoms with Gasteiger partial charge in [0.1, 0.15) is 0 Å². The van der Waals surface area contributed by atoms with E-state index in [1.807, 2.05) is 19.9 Å². The van der Waals surface area contributed by atoms with Crippen LogP contribution in [0.1, 0.15) is 20.8 Å². The van der Waals surface area contributed by atoms with Crippen molar-refractivity contribution in [1.82, 2.24) is 4.90 Å². The second kappa shape index (κ2) is 8.57. The maximum Gasteiger partial charge on any atom is 0.0363 e. The molecule has 2 nitrogen and oxygen atoms in total. The molecule has 0 aliphatic heterocycles. The average Bonchev–Trinajstić information content (AvgIpc) is 2.21. The van der Waals surface area contributed by atoms with Crippen LogP contribution in [0.5, 0.6) is 0 Å². The normalized spacial score (nSPS) is 13.0. The Morgan fingerprint density at radius 2 is 2.00 bits per heavy atom. The summed E-state index contributed by atoms with van der Waals surface area (Å²) in [4.78, 5) is 2.26. The minimum atomic E-state index is 0.693. The van der Waals surface area contributed by atoms with Gasteiger partial charge in [0.2, 0.25) is 0 Å². The lowest BCUT2D eigenvalue weighted by Gasteiger charge is -2.23. The van der Waals surface area contributed by atoms with E-state index in [2.05, 4.69) is 36.1 Å². The van der Waals surface area contributed by atoms with Crippen LogP contribution in [0.15, 0.2) is 36.1 Å². The maximum absolute atomic E-state index is 5.56. The molecule has 0 aromatic carbocycles. The van der Waals surface area contributed by atoms with Crippen LogP contribution in [0.25, 0.3) is 0 Å². The third-order valence-corrected chi connectivity index (χ3v) is 1.94. The van der Waals surface area contributed by atoms with Crippen molar-refractivity contribution in [2.45, 2.75) is 20.8 Å². The standard InChI is InChI=1S/C12H22N2/c1-4-7-9-12(8-5-2)14(6-3)11-10-13/h4-5,7-9H,6,10-11,13H2,1-3H3/b7-4-,8-5-,12-9+. The largest absolute Gasteiger partial charge is 0.371 e. The fraction of sp³-hybridized carbons (Fsp3) is 0.500. The summed E-state index contributed by atoms with van der Waals surface area (Å²) in [5.74, 6) is 0. The Kier molecular flexibility index (Phi) is 7.95. The molecule has 80 valence electrons. The van der Waals surface area contributed by atoms with E-state index in [-0.39, 0.29) is 0 Å². The summed E-state index contributed by atoms with van der Waals surface area (Å²) < 4.78 is 0. The van der Waals surface area contributed by atoms with Crippen LogP contribution in [-0.2, 0) is 0 Å². The zero-order valence-electron chi connectivity index (χ0n) is 9.53. The average molecular weight is 194 g/mol. The van der Waals surface area contributed by atoms with E-state index in [9.17, 15) is 0 Å². The monoisotopic (exact) mass is 194 g/mol. The van der Waals surface area contributed by atoms with Crippen LogP contribution < -0.4 is 5.73 Å². The van der Waals surface area contributed by atoms with Gasteiger partial charge in [0, 0.05) is 25.3 Å². The third kappa shape index (κ3) is 4.87. The summed E-state index contributed by atoms with van der Waals surface area (Å²) in [6, 6.07) is 0. The van der Waals surface area contributed by atoms with Gasteiger partial charge in [0.25, 0.3) is 0 Å². The molecule has 0 radical (unpaired) electrons. The smallest absolute Gasteiger partial charge is 0.0363 e. The Balaban J connectivity index is 4.58. The van der Waals surface area contributed by atoms with E-state index in [1.54, 1.807) is 0 Å². The fourth-order valence-electron chi connectivity index (χ4n) is 1.26. The highest BCUT2D eigenvalue weighted by Crippen LogP contribution is 2.05. The quantitative estimate of drug-likeness (QED) is 0.657. The zero-order valence-corrected chi connectivity index (χ0v) is 9.53. The molecule has 14 heavy (non-hydrogen) atoms. The third-order valence-electron chi connectivity index (χ3n) is 1.94. The molecule has 0 heterocycles. The first-order valence-corrected chi connectivity index (χ1v) is 5.20. The number of hydrogen-bond donors (Lipinski definition) is 1. The first kappa shape index (κ1) is 13.0. The fourth-order valence-corrected chi connectivity index (χ4v) is 1.26. The van der Waals surface area contributed by atoms with Crippen molar-refractivity contribution in [1.29, 1.82) is 0 Å². The second-order valence-corrected chi connectivity index (χ2v) is 2.99. The highest BCUT2D eigenvalue weighted by Gasteiger charge is 2.01. The summed E-state index contributed by atoms with van der Waals surface area (Å²) in [7, 11) is 0. The minimum Gasteiger partial charge on any atom is -0.371 e. The predicted molar refractivity (Wildman–Crippen MR) is 64.0 cm³/mol. The molecule has 0 amide bonds. The van der Waals surface area contributed by atoms with Gasteiger partial charge < -0.3 is 10.6 Å². The van der Waals surface area contributed by atoms with Gasteiger partial charge in [-0.1, -0.05) is 18.2 Å². The summed E-state index contributed by atoms with van der Waals surface area (Å²) in [6.45, 7) is 8.78. The van der Waals surface area contributed by atoms with Crippen LogP contribution in [-0.4, -0.2) is 24.5 Å². The molecular formula is C12H22N2. The molecule has 0 spiro atoms. The molecule has 2 N–H and O–H groups in total. The summed E-state index contributed by atoms with van der Waals surface area (Å²) in [5, 5.41) is 0. The number of nitrogens with zero attached hydrogens (tertiary/aromatic N) is 1. The van der Waals surface area contributed by atoms with Crippen molar-refractivity contribution in [3.63, 3.8) is 0 Å². The zero-order chi connectivity index (χ0) is 10.8. The second-order valence-electron chi connectivity index (χ2n) is 2.99. The Hall–Kier alpha value is -1.02. The number of nitrogens with two attached hydrogens (primary N) is 1. The molecule has 0 fully saturated rings. The molecule has 0 saturated carbocycles. The lowest BCUT2D eigenvalue weighted by atomic mass is 10.3. The molecule has 0 rings (SSSR count). The van der Waals surface area contributed by atoms with Gasteiger partial charge >= 0.3 is 0 Å². The Labute approximate surface area is 87.8 Å². The van der Waals surface area contributed by atoms with Crippen molar-refractivity contribution in [3.8, 4) is 0 Å². The summed E-state index contributed by atoms with van der Waals surface area (Å²) in [6.07, 6.45) is 10.3. The van der Waals surface area contributed by atoms with Crippen LogP contribution in [0.3, 0.4) is 0 Å². The molecule has 0 aliphatic carbocycles. The van der Waals surface area contributed by atoms with Gasteiger partial charge in [0.05, 0.1) is 0 Å². The van der Waals surface area contributed by atoms with Gasteiger partial charge in [-0.3, -0.25) is 0 Å². The Morgan fingerprint density at radius 3 is 2.43 bits per heavy atom. The van der Waals surface area contributed by atoms with Gasteiger partial charge in [-0.15, -0.1) is 0 Å². The van der Waals surface area contributed by atoms with E-state index in [0.29, 0.717) is 6.54 Å². The Morgan fingerprint density at radius 1 is 1.29 bits per heavy atom. The number of likely N-dealkylation sites (N-methyl/N-ethyl adjacent to an activating group) is 1. The molecule has 0 atom stereocenters. The number of allylic oxidation sites excluding steroid dienone is 5. The molecule has 0 unspecified atom stereocenters. The SMILES string of the molecule is C\C=C/C=C(\C=C/C)N(CC)CCN. The molecule has 2 heteroatoms. The van der Waals surface area contributed by atoms with Crippen molar-refractivity contribution in [2.75, 3.05) is 19.6 Å². The predicted octanol–water partition coefficient (Wildman–Crippen LogP) is 2.30. The van der Waals surface area contributed by atoms with Crippen LogP contribution in [0, 0.1) is 0 Å². The van der Waals surface area contributed by atoms with Crippen molar-refractivity contribution < 1.29 is 0 Å². The van der Waals surface area contributed by atoms with E-state index in [0.717, 1.165) is 13.1 Å². The highest BCUT2D eigenvalue weighted by atomic mass is 15.1. The van der Waals surface area contributed by atoms with Crippen molar-refractivity contribution in [2.24, 2.45) is 5.73 Å². The first-order valence-electron chi connectivity index (χ1n) is 5.20. The van der Waals surface area contributed by atoms with E-state index in [1.165, 1.54) is 5.70 Å². The Bertz CT molecular complexity index is 214. The van der Waals surface area contributed by atoms with E-state index in [4.69, 9.17) is 5.73 Å². The molecule has 0 bridgehead atoms. The molecular weight excluding hydrogens is 172 g/mol. The lowest BCUT2D eigenvalue weighted by Crippen LogP contribution is -2.28. The van der Waals surface area contributed by atoms with Gasteiger partial charge in [-0.25, -0.2) is 0 Å². The van der Waals surface area contributed by atoms with Gasteiger partial charge in [-0.2, -0.15) is 0 Å². The van der Waals surface area contributed by atoms with E-state index >= 15 is 0 Å². The van der Waals surface area contributed by atoms with Gasteiger partial charge in [0.15, 0.2) is 0 Å². The van der Waals surface area contributed by atoms with E-state index < -0.39 is 0 Å². The van der Waals surface area contributed by atoms with Crippen molar-refractivity contribution in [3.05, 3.63) is 36.1 Å². The van der Waals surface area contributed by atoms with Crippen LogP contribution in [0.2, 0.25) is 0 Å². The summed E-state index contributed by atoms with van der Waals surface area (Å²) in [5.41, 5.74) is 6.78. The first-order chi connectivity index (χ1) is 6.79. The van der Waals surface area contributed by atoms with Crippen LogP contribution in [0.4, 0.5) is 0 Å². The van der Waals surface area contributed by atoms with Crippen LogP contribution >= 0.6 is 0 Å². The van der Waals surface area contributed by atoms with Gasteiger partial charge in [-0.05, 0) is 32.9 Å². The molecule has 0 aromatic rings. The summed E-state index contributed by atoms with van der Waals surface area (Å²) >= 11 is 0. The number of hydrogen-bond acceptors (Lipinski definition) is 2. The highest BCUT2D eigenvalue weighted by molar-refractivity contribution is 5.22.